The Bertz CT molecular complexity index is 461. The highest BCUT2D eigenvalue weighted by Gasteiger charge is 2.43. The molecule has 4 nitrogen and oxygen atoms in total. The molecule has 1 N–H and O–H groups in total. The lowest BCUT2D eigenvalue weighted by molar-refractivity contribution is -0.115. The molecule has 3 unspecified atom stereocenters. The van der Waals surface area contributed by atoms with Crippen molar-refractivity contribution in [2.75, 3.05) is 26.9 Å². The highest BCUT2D eigenvalue weighted by Crippen LogP contribution is 2.33. The van der Waals surface area contributed by atoms with Crippen molar-refractivity contribution < 1.29 is 18.6 Å². The zero-order chi connectivity index (χ0) is 15.2. The third-order valence-corrected chi connectivity index (χ3v) is 4.14. The van der Waals surface area contributed by atoms with Gasteiger partial charge >= 0.3 is 0 Å². The Labute approximate surface area is 133 Å². The summed E-state index contributed by atoms with van der Waals surface area (Å²) in [6.45, 7) is 4.01. The van der Waals surface area contributed by atoms with Gasteiger partial charge in [0.2, 0.25) is 0 Å². The fraction of sp³-hybridized carbons (Fsp3) is 0.600. The maximum atomic E-state index is 13.3. The molecule has 0 aliphatic heterocycles. The van der Waals surface area contributed by atoms with Crippen LogP contribution < -0.4 is 10.1 Å². The van der Waals surface area contributed by atoms with E-state index in [9.17, 15) is 4.39 Å². The normalized spacial score (nSPS) is 24.7. The zero-order valence-electron chi connectivity index (χ0n) is 12.3. The van der Waals surface area contributed by atoms with Gasteiger partial charge in [0.1, 0.15) is 23.8 Å². The van der Waals surface area contributed by atoms with Gasteiger partial charge < -0.3 is 19.5 Å². The maximum Gasteiger partial charge on any atom is 0.136 e. The second kappa shape index (κ2) is 8.08. The number of likely N-dealkylation sites (N-methyl/N-ethyl adjacent to an activating group) is 1. The molecule has 1 aromatic carbocycles. The van der Waals surface area contributed by atoms with E-state index >= 15 is 0 Å². The molecular formula is C15H21BrFNO3. The van der Waals surface area contributed by atoms with Gasteiger partial charge in [-0.25, -0.2) is 4.39 Å². The molecule has 0 saturated heterocycles. The molecule has 21 heavy (non-hydrogen) atoms. The molecule has 1 fully saturated rings. The number of rotatable bonds is 8. The van der Waals surface area contributed by atoms with E-state index in [2.05, 4.69) is 28.2 Å². The minimum Gasteiger partial charge on any atom is -0.486 e. The Morgan fingerprint density at radius 2 is 2.19 bits per heavy atom. The van der Waals surface area contributed by atoms with Crippen LogP contribution in [0.2, 0.25) is 0 Å². The molecule has 6 heteroatoms. The molecule has 0 bridgehead atoms. The van der Waals surface area contributed by atoms with Crippen molar-refractivity contribution in [1.82, 2.24) is 5.32 Å². The first-order chi connectivity index (χ1) is 10.2. The molecule has 0 amide bonds. The van der Waals surface area contributed by atoms with Crippen molar-refractivity contribution >= 4 is 15.9 Å². The summed E-state index contributed by atoms with van der Waals surface area (Å²) in [7, 11) is 1.64. The van der Waals surface area contributed by atoms with Crippen LogP contribution in [0.3, 0.4) is 0 Å². The highest BCUT2D eigenvalue weighted by atomic mass is 79.9. The Balaban J connectivity index is 1.96. The van der Waals surface area contributed by atoms with Crippen LogP contribution in [-0.2, 0) is 9.47 Å². The number of halogens is 2. The molecule has 0 spiro atoms. The molecule has 1 aliphatic rings. The molecule has 118 valence electrons. The lowest BCUT2D eigenvalue weighted by Gasteiger charge is -2.44. The van der Waals surface area contributed by atoms with E-state index in [-0.39, 0.29) is 24.1 Å². The minimum atomic E-state index is -0.312. The Kier molecular flexibility index (Phi) is 6.41. The van der Waals surface area contributed by atoms with E-state index in [1.54, 1.807) is 13.2 Å². The third-order valence-electron chi connectivity index (χ3n) is 3.48. The molecule has 0 aromatic heterocycles. The van der Waals surface area contributed by atoms with Gasteiger partial charge in [-0.05, 0) is 34.6 Å². The average molecular weight is 362 g/mol. The predicted molar refractivity (Wildman–Crippen MR) is 82.2 cm³/mol. The van der Waals surface area contributed by atoms with E-state index < -0.39 is 0 Å². The van der Waals surface area contributed by atoms with Gasteiger partial charge in [0, 0.05) is 25.6 Å². The summed E-state index contributed by atoms with van der Waals surface area (Å²) < 4.78 is 30.8. The summed E-state index contributed by atoms with van der Waals surface area (Å²) in [5.41, 5.74) is 0. The van der Waals surface area contributed by atoms with Crippen LogP contribution in [-0.4, -0.2) is 45.1 Å². The minimum absolute atomic E-state index is 0.0460. The second-order valence-electron chi connectivity index (χ2n) is 4.96. The van der Waals surface area contributed by atoms with Crippen LogP contribution in [0.25, 0.3) is 0 Å². The van der Waals surface area contributed by atoms with Gasteiger partial charge in [0.05, 0.1) is 17.7 Å². The zero-order valence-corrected chi connectivity index (χ0v) is 13.9. The van der Waals surface area contributed by atoms with E-state index in [0.29, 0.717) is 19.0 Å². The molecule has 0 heterocycles. The van der Waals surface area contributed by atoms with Crippen molar-refractivity contribution in [2.45, 2.75) is 31.6 Å². The monoisotopic (exact) mass is 361 g/mol. The van der Waals surface area contributed by atoms with Gasteiger partial charge in [0.25, 0.3) is 0 Å². The number of methoxy groups -OCH3 is 1. The van der Waals surface area contributed by atoms with Crippen LogP contribution in [0.15, 0.2) is 22.7 Å². The Morgan fingerprint density at radius 3 is 2.90 bits per heavy atom. The van der Waals surface area contributed by atoms with E-state index in [1.807, 2.05) is 0 Å². The van der Waals surface area contributed by atoms with E-state index in [4.69, 9.17) is 14.2 Å². The van der Waals surface area contributed by atoms with Crippen LogP contribution in [0.1, 0.15) is 13.3 Å². The fourth-order valence-corrected chi connectivity index (χ4v) is 2.72. The van der Waals surface area contributed by atoms with Gasteiger partial charge in [-0.1, -0.05) is 6.92 Å². The predicted octanol–water partition coefficient (Wildman–Crippen LogP) is 2.75. The lowest BCUT2D eigenvalue weighted by Crippen LogP contribution is -2.61. The first-order valence-corrected chi connectivity index (χ1v) is 7.90. The average Bonchev–Trinajstić information content (AvgIpc) is 2.46. The molecule has 1 aromatic rings. The molecule has 1 saturated carbocycles. The van der Waals surface area contributed by atoms with Gasteiger partial charge in [-0.2, -0.15) is 0 Å². The van der Waals surface area contributed by atoms with Gasteiger partial charge in [-0.3, -0.25) is 0 Å². The van der Waals surface area contributed by atoms with Crippen LogP contribution in [0.4, 0.5) is 4.39 Å². The quantitative estimate of drug-likeness (QED) is 0.722. The van der Waals surface area contributed by atoms with Crippen molar-refractivity contribution in [1.29, 1.82) is 0 Å². The number of benzene rings is 1. The van der Waals surface area contributed by atoms with Crippen LogP contribution >= 0.6 is 15.9 Å². The standard InChI is InChI=1S/C15H21BrFNO3/c1-3-18-12-9-14(15(12)20-7-6-19-2)21-13-8-10(17)4-5-11(13)16/h4-5,8,12,14-15,18H,3,6-7,9H2,1-2H3. The van der Waals surface area contributed by atoms with Crippen molar-refractivity contribution in [3.63, 3.8) is 0 Å². The number of ether oxygens (including phenoxy) is 3. The number of hydrogen-bond acceptors (Lipinski definition) is 4. The lowest BCUT2D eigenvalue weighted by atomic mass is 9.85. The summed E-state index contributed by atoms with van der Waals surface area (Å²) in [6.07, 6.45) is 0.716. The Hall–Kier alpha value is -0.690. The van der Waals surface area contributed by atoms with Crippen LogP contribution in [0.5, 0.6) is 5.75 Å². The number of hydrogen-bond donors (Lipinski definition) is 1. The molecular weight excluding hydrogens is 341 g/mol. The second-order valence-corrected chi connectivity index (χ2v) is 5.81. The highest BCUT2D eigenvalue weighted by molar-refractivity contribution is 9.10. The molecule has 1 aliphatic carbocycles. The first kappa shape index (κ1) is 16.7. The van der Waals surface area contributed by atoms with Crippen molar-refractivity contribution in [3.8, 4) is 5.75 Å². The number of nitrogens with one attached hydrogen (secondary N) is 1. The summed E-state index contributed by atoms with van der Waals surface area (Å²) in [5.74, 6) is 0.197. The van der Waals surface area contributed by atoms with Crippen molar-refractivity contribution in [3.05, 3.63) is 28.5 Å². The smallest absolute Gasteiger partial charge is 0.136 e. The molecule has 2 rings (SSSR count). The van der Waals surface area contributed by atoms with Gasteiger partial charge in [0.15, 0.2) is 0 Å². The largest absolute Gasteiger partial charge is 0.486 e. The SMILES string of the molecule is CCNC1CC(Oc2cc(F)ccc2Br)C1OCCOC. The summed E-state index contributed by atoms with van der Waals surface area (Å²) in [5, 5.41) is 3.37. The summed E-state index contributed by atoms with van der Waals surface area (Å²) in [6, 6.07) is 4.69. The Morgan fingerprint density at radius 1 is 1.38 bits per heavy atom. The van der Waals surface area contributed by atoms with Crippen molar-refractivity contribution in [2.24, 2.45) is 0 Å². The third kappa shape index (κ3) is 4.39. The van der Waals surface area contributed by atoms with E-state index in [1.165, 1.54) is 12.1 Å². The fourth-order valence-electron chi connectivity index (χ4n) is 2.38. The summed E-state index contributed by atoms with van der Waals surface area (Å²) >= 11 is 3.37. The topological polar surface area (TPSA) is 39.7 Å². The van der Waals surface area contributed by atoms with Gasteiger partial charge in [-0.15, -0.1) is 0 Å². The maximum absolute atomic E-state index is 13.3. The van der Waals surface area contributed by atoms with Crippen LogP contribution in [0, 0.1) is 5.82 Å². The molecule has 3 atom stereocenters. The molecule has 0 radical (unpaired) electrons. The summed E-state index contributed by atoms with van der Waals surface area (Å²) in [4.78, 5) is 0. The first-order valence-electron chi connectivity index (χ1n) is 7.11. The van der Waals surface area contributed by atoms with E-state index in [0.717, 1.165) is 17.4 Å².